The summed E-state index contributed by atoms with van der Waals surface area (Å²) < 4.78 is 16.9. The first kappa shape index (κ1) is 21.2. The van der Waals surface area contributed by atoms with Gasteiger partial charge in [-0.15, -0.1) is 0 Å². The zero-order valence-electron chi connectivity index (χ0n) is 16.5. The number of aliphatic hydroxyl groups excluding tert-OH is 1. The summed E-state index contributed by atoms with van der Waals surface area (Å²) in [5, 5.41) is 11.2. The summed E-state index contributed by atoms with van der Waals surface area (Å²) in [6, 6.07) is 18.8. The molecule has 0 saturated carbocycles. The molecule has 1 atom stereocenters. The van der Waals surface area contributed by atoms with Crippen LogP contribution in [0.25, 0.3) is 0 Å². The second-order valence-corrected chi connectivity index (χ2v) is 7.14. The highest BCUT2D eigenvalue weighted by atomic mass is 35.5. The molecular weight excluding hydrogens is 390 g/mol. The van der Waals surface area contributed by atoms with Gasteiger partial charge < -0.3 is 19.0 Å². The predicted octanol–water partition coefficient (Wildman–Crippen LogP) is 4.77. The van der Waals surface area contributed by atoms with Gasteiger partial charge in [0.05, 0.1) is 19.4 Å². The van der Waals surface area contributed by atoms with Crippen LogP contribution in [0.15, 0.2) is 71.3 Å². The molecule has 5 nitrogen and oxygen atoms in total. The van der Waals surface area contributed by atoms with E-state index in [0.717, 1.165) is 17.1 Å². The van der Waals surface area contributed by atoms with Crippen molar-refractivity contribution >= 4 is 11.6 Å². The Hall–Kier alpha value is -2.47. The summed E-state index contributed by atoms with van der Waals surface area (Å²) in [6.45, 7) is 4.38. The van der Waals surface area contributed by atoms with Crippen LogP contribution in [-0.4, -0.2) is 35.9 Å². The zero-order chi connectivity index (χ0) is 20.5. The van der Waals surface area contributed by atoms with Crippen LogP contribution < -0.4 is 9.47 Å². The maximum Gasteiger partial charge on any atom is 0.123 e. The number of nitrogens with zero attached hydrogens (tertiary/aromatic N) is 1. The van der Waals surface area contributed by atoms with E-state index in [0.29, 0.717) is 37.0 Å². The van der Waals surface area contributed by atoms with Gasteiger partial charge in [-0.25, -0.2) is 0 Å². The Morgan fingerprint density at radius 1 is 1.00 bits per heavy atom. The highest BCUT2D eigenvalue weighted by Gasteiger charge is 2.17. The first-order valence-corrected chi connectivity index (χ1v) is 10.0. The van der Waals surface area contributed by atoms with Gasteiger partial charge in [0.15, 0.2) is 0 Å². The van der Waals surface area contributed by atoms with Crippen LogP contribution >= 0.6 is 11.6 Å². The lowest BCUT2D eigenvalue weighted by Gasteiger charge is -2.25. The van der Waals surface area contributed by atoms with Crippen molar-refractivity contribution in [1.29, 1.82) is 0 Å². The fraction of sp³-hybridized carbons (Fsp3) is 0.304. The van der Waals surface area contributed by atoms with Crippen molar-refractivity contribution in [2.24, 2.45) is 0 Å². The number of para-hydroxylation sites is 1. The van der Waals surface area contributed by atoms with Crippen LogP contribution in [-0.2, 0) is 13.1 Å². The van der Waals surface area contributed by atoms with Gasteiger partial charge >= 0.3 is 0 Å². The van der Waals surface area contributed by atoms with E-state index in [-0.39, 0.29) is 6.61 Å². The maximum absolute atomic E-state index is 10.6. The Labute approximate surface area is 176 Å². The Morgan fingerprint density at radius 2 is 1.79 bits per heavy atom. The molecule has 0 aliphatic rings. The Kier molecular flexibility index (Phi) is 7.99. The summed E-state index contributed by atoms with van der Waals surface area (Å²) >= 11 is 5.89. The molecule has 1 N–H and O–H groups in total. The summed E-state index contributed by atoms with van der Waals surface area (Å²) in [5.74, 6) is 2.36. The van der Waals surface area contributed by atoms with E-state index >= 15 is 0 Å². The van der Waals surface area contributed by atoms with E-state index in [1.807, 2.05) is 43.3 Å². The molecule has 6 heteroatoms. The van der Waals surface area contributed by atoms with Crippen LogP contribution in [0.1, 0.15) is 18.2 Å². The van der Waals surface area contributed by atoms with Crippen molar-refractivity contribution in [3.8, 4) is 11.5 Å². The Morgan fingerprint density at radius 3 is 2.52 bits per heavy atom. The SMILES string of the molecule is CCOc1ccccc1CN(Cc1ccco1)CC(O)COc1ccc(Cl)cc1. The fourth-order valence-electron chi connectivity index (χ4n) is 3.05. The molecule has 0 aliphatic carbocycles. The van der Waals surface area contributed by atoms with Crippen molar-refractivity contribution in [1.82, 2.24) is 4.90 Å². The Bertz CT molecular complexity index is 852. The molecule has 154 valence electrons. The zero-order valence-corrected chi connectivity index (χ0v) is 17.2. The molecule has 0 bridgehead atoms. The second-order valence-electron chi connectivity index (χ2n) is 6.71. The van der Waals surface area contributed by atoms with E-state index in [1.54, 1.807) is 30.5 Å². The molecule has 0 spiro atoms. The highest BCUT2D eigenvalue weighted by Crippen LogP contribution is 2.21. The van der Waals surface area contributed by atoms with Gasteiger partial charge in [0, 0.05) is 23.7 Å². The van der Waals surface area contributed by atoms with Crippen LogP contribution in [0.2, 0.25) is 5.02 Å². The van der Waals surface area contributed by atoms with E-state index in [1.165, 1.54) is 0 Å². The molecule has 2 aromatic carbocycles. The standard InChI is InChI=1S/C23H26ClNO4/c1-2-27-23-8-4-3-6-18(23)14-25(16-22-7-5-13-28-22)15-20(26)17-29-21-11-9-19(24)10-12-21/h3-13,20,26H,2,14-17H2,1H3. The van der Waals surface area contributed by atoms with Crippen molar-refractivity contribution in [3.05, 3.63) is 83.3 Å². The number of rotatable bonds is 11. The van der Waals surface area contributed by atoms with E-state index < -0.39 is 6.10 Å². The summed E-state index contributed by atoms with van der Waals surface area (Å²) in [5.41, 5.74) is 1.06. The molecule has 0 aliphatic heterocycles. The average Bonchev–Trinajstić information content (AvgIpc) is 3.22. The normalized spacial score (nSPS) is 12.1. The summed E-state index contributed by atoms with van der Waals surface area (Å²) in [4.78, 5) is 2.12. The minimum atomic E-state index is -0.667. The average molecular weight is 416 g/mol. The highest BCUT2D eigenvalue weighted by molar-refractivity contribution is 6.30. The van der Waals surface area contributed by atoms with Crippen molar-refractivity contribution in [2.75, 3.05) is 19.8 Å². The topological polar surface area (TPSA) is 55.1 Å². The van der Waals surface area contributed by atoms with Crippen molar-refractivity contribution in [3.63, 3.8) is 0 Å². The molecule has 3 aromatic rings. The second kappa shape index (κ2) is 10.9. The molecule has 29 heavy (non-hydrogen) atoms. The third-order valence-electron chi connectivity index (χ3n) is 4.35. The molecule has 3 rings (SSSR count). The molecule has 1 aromatic heterocycles. The maximum atomic E-state index is 10.6. The number of ether oxygens (including phenoxy) is 2. The van der Waals surface area contributed by atoms with E-state index in [9.17, 15) is 5.11 Å². The first-order valence-electron chi connectivity index (χ1n) is 9.66. The molecule has 1 heterocycles. The number of furan rings is 1. The van der Waals surface area contributed by atoms with Gasteiger partial charge in [-0.3, -0.25) is 4.90 Å². The molecule has 0 saturated heterocycles. The lowest BCUT2D eigenvalue weighted by Crippen LogP contribution is -2.35. The third kappa shape index (κ3) is 6.82. The molecular formula is C23H26ClNO4. The van der Waals surface area contributed by atoms with E-state index in [2.05, 4.69) is 4.90 Å². The predicted molar refractivity (Wildman–Crippen MR) is 113 cm³/mol. The van der Waals surface area contributed by atoms with Crippen LogP contribution in [0.4, 0.5) is 0 Å². The number of benzene rings is 2. The largest absolute Gasteiger partial charge is 0.494 e. The van der Waals surface area contributed by atoms with Gasteiger partial charge in [-0.05, 0) is 49.4 Å². The minimum Gasteiger partial charge on any atom is -0.494 e. The van der Waals surface area contributed by atoms with Gasteiger partial charge in [-0.1, -0.05) is 29.8 Å². The van der Waals surface area contributed by atoms with Gasteiger partial charge in [-0.2, -0.15) is 0 Å². The fourth-order valence-corrected chi connectivity index (χ4v) is 3.18. The molecule has 1 unspecified atom stereocenters. The van der Waals surface area contributed by atoms with Gasteiger partial charge in [0.25, 0.3) is 0 Å². The minimum absolute atomic E-state index is 0.184. The van der Waals surface area contributed by atoms with Crippen molar-refractivity contribution < 1.29 is 19.0 Å². The lowest BCUT2D eigenvalue weighted by atomic mass is 10.1. The summed E-state index contributed by atoms with van der Waals surface area (Å²) in [6.07, 6.45) is 0.988. The molecule has 0 radical (unpaired) electrons. The lowest BCUT2D eigenvalue weighted by molar-refractivity contribution is 0.0601. The van der Waals surface area contributed by atoms with Gasteiger partial charge in [0.1, 0.15) is 30.0 Å². The first-order chi connectivity index (χ1) is 14.1. The van der Waals surface area contributed by atoms with Crippen LogP contribution in [0, 0.1) is 0 Å². The smallest absolute Gasteiger partial charge is 0.123 e. The summed E-state index contributed by atoms with van der Waals surface area (Å²) in [7, 11) is 0. The number of hydrogen-bond donors (Lipinski definition) is 1. The number of aliphatic hydroxyl groups is 1. The number of hydrogen-bond acceptors (Lipinski definition) is 5. The number of halogens is 1. The Balaban J connectivity index is 1.64. The third-order valence-corrected chi connectivity index (χ3v) is 4.60. The van der Waals surface area contributed by atoms with Gasteiger partial charge in [0.2, 0.25) is 0 Å². The monoisotopic (exact) mass is 415 g/mol. The molecule has 0 fully saturated rings. The quantitative estimate of drug-likeness (QED) is 0.488. The van der Waals surface area contributed by atoms with Crippen LogP contribution in [0.3, 0.4) is 0 Å². The van der Waals surface area contributed by atoms with E-state index in [4.69, 9.17) is 25.5 Å². The molecule has 0 amide bonds. The van der Waals surface area contributed by atoms with Crippen molar-refractivity contribution in [2.45, 2.75) is 26.1 Å². The van der Waals surface area contributed by atoms with Crippen LogP contribution in [0.5, 0.6) is 11.5 Å².